The van der Waals surface area contributed by atoms with Crippen LogP contribution < -0.4 is 10.6 Å². The van der Waals surface area contributed by atoms with E-state index in [9.17, 15) is 37.8 Å². The van der Waals surface area contributed by atoms with Crippen molar-refractivity contribution in [3.63, 3.8) is 0 Å². The lowest BCUT2D eigenvalue weighted by Gasteiger charge is -2.35. The van der Waals surface area contributed by atoms with Gasteiger partial charge in [-0.2, -0.15) is 0 Å². The van der Waals surface area contributed by atoms with Gasteiger partial charge in [-0.05, 0) is 30.7 Å². The highest BCUT2D eigenvalue weighted by Crippen LogP contribution is 2.29. The zero-order valence-electron chi connectivity index (χ0n) is 31.6. The van der Waals surface area contributed by atoms with Crippen molar-refractivity contribution < 1.29 is 52.0 Å². The second-order valence-electron chi connectivity index (χ2n) is 14.5. The summed E-state index contributed by atoms with van der Waals surface area (Å²) in [6.07, 6.45) is 3.67. The van der Waals surface area contributed by atoms with Gasteiger partial charge in [-0.1, -0.05) is 82.2 Å². The highest BCUT2D eigenvalue weighted by atomic mass is 32.2. The molecule has 2 amide bonds. The number of rotatable bonds is 22. The molecule has 1 aliphatic carbocycles. The molecular formula is C38H61N3O11S. The molecule has 4 N–H and O–H groups in total. The summed E-state index contributed by atoms with van der Waals surface area (Å²) in [5, 5.41) is 28.4. The number of carbonyl (C=O) groups excluding carboxylic acids is 4. The quantitative estimate of drug-likeness (QED) is 0.125. The van der Waals surface area contributed by atoms with Crippen LogP contribution in [-0.2, 0) is 49.6 Å². The molecule has 1 aromatic carbocycles. The van der Waals surface area contributed by atoms with Crippen molar-refractivity contribution >= 4 is 33.6 Å². The van der Waals surface area contributed by atoms with E-state index in [0.717, 1.165) is 52.4 Å². The fourth-order valence-corrected chi connectivity index (χ4v) is 8.83. The minimum absolute atomic E-state index is 0.0486. The Labute approximate surface area is 314 Å². The second kappa shape index (κ2) is 23.0. The number of ether oxygens (including phenoxy) is 3. The lowest BCUT2D eigenvalue weighted by Crippen LogP contribution is -2.57. The van der Waals surface area contributed by atoms with Gasteiger partial charge < -0.3 is 35.1 Å². The molecule has 3 rings (SSSR count). The summed E-state index contributed by atoms with van der Waals surface area (Å²) in [5.41, 5.74) is 0.707. The highest BCUT2D eigenvalue weighted by Gasteiger charge is 2.36. The normalized spacial score (nSPS) is 19.2. The molecule has 1 heterocycles. The number of sulfone groups is 1. The van der Waals surface area contributed by atoms with E-state index in [1.54, 1.807) is 30.3 Å². The molecule has 0 bridgehead atoms. The maximum atomic E-state index is 14.0. The van der Waals surface area contributed by atoms with Crippen molar-refractivity contribution in [3.05, 3.63) is 35.9 Å². The Hall–Kier alpha value is -3.11. The SMILES string of the molecule is CCCC[C@H](NC(=O)[C@H](Cc1ccccc1)CS(=O)(=O)CC(COC(C)=O)OC(C)=O)C(=O)N[C@@H](CC1CCCCC1)[C@@H](O)[C@@H](O)CN1CCOCC1. The van der Waals surface area contributed by atoms with E-state index in [0.29, 0.717) is 44.7 Å². The van der Waals surface area contributed by atoms with Crippen LogP contribution in [0.2, 0.25) is 0 Å². The fraction of sp³-hybridized carbons (Fsp3) is 0.737. The van der Waals surface area contributed by atoms with E-state index in [4.69, 9.17) is 14.2 Å². The summed E-state index contributed by atoms with van der Waals surface area (Å²) in [5.74, 6) is -4.73. The molecular weight excluding hydrogens is 706 g/mol. The van der Waals surface area contributed by atoms with Crippen molar-refractivity contribution in [1.82, 2.24) is 15.5 Å². The molecule has 15 heteroatoms. The zero-order chi connectivity index (χ0) is 38.8. The van der Waals surface area contributed by atoms with Crippen LogP contribution in [0.1, 0.15) is 84.1 Å². The minimum Gasteiger partial charge on any atom is -0.462 e. The number of aliphatic hydroxyl groups excluding tert-OH is 2. The van der Waals surface area contributed by atoms with Gasteiger partial charge >= 0.3 is 11.9 Å². The number of nitrogens with zero attached hydrogens (tertiary/aromatic N) is 1. The number of morpholine rings is 1. The standard InChI is InChI=1S/C38H61N3O11S/c1-4-5-16-33(38(47)40-34(22-30-14-10-7-11-15-30)36(45)35(44)23-41-17-19-50-20-18-41)39-37(46)31(21-29-12-8-6-9-13-29)25-53(48,49)26-32(52-28(3)43)24-51-27(2)42/h6,8-9,12-13,30-36,44-45H,4-5,7,10-11,14-26H2,1-3H3,(H,39,46)(H,40,47)/t31-,32?,33+,34+,35+,36-/m1/s1. The average molecular weight is 768 g/mol. The molecule has 2 aliphatic rings. The molecule has 0 spiro atoms. The average Bonchev–Trinajstić information content (AvgIpc) is 3.12. The van der Waals surface area contributed by atoms with Gasteiger partial charge in [-0.3, -0.25) is 24.1 Å². The summed E-state index contributed by atoms with van der Waals surface area (Å²) in [4.78, 5) is 53.2. The summed E-state index contributed by atoms with van der Waals surface area (Å²) in [6, 6.07) is 7.10. The highest BCUT2D eigenvalue weighted by molar-refractivity contribution is 7.91. The van der Waals surface area contributed by atoms with Crippen molar-refractivity contribution in [2.75, 3.05) is 51.0 Å². The second-order valence-corrected chi connectivity index (χ2v) is 16.7. The number of hydrogen-bond donors (Lipinski definition) is 4. The molecule has 1 saturated carbocycles. The number of β-amino-alcohol motifs (C(OH)–C–C–N with tert-alkyl or cyclic N) is 1. The predicted molar refractivity (Wildman–Crippen MR) is 198 cm³/mol. The number of nitrogens with one attached hydrogen (secondary N) is 2. The van der Waals surface area contributed by atoms with Crippen molar-refractivity contribution in [2.24, 2.45) is 11.8 Å². The number of hydrogen-bond acceptors (Lipinski definition) is 12. The van der Waals surface area contributed by atoms with Crippen LogP contribution in [0.5, 0.6) is 0 Å². The van der Waals surface area contributed by atoms with E-state index in [1.807, 2.05) is 11.8 Å². The third-order valence-corrected chi connectivity index (χ3v) is 11.7. The first-order chi connectivity index (χ1) is 25.3. The first kappa shape index (κ1) is 44.3. The van der Waals surface area contributed by atoms with Crippen LogP contribution >= 0.6 is 0 Å². The molecule has 1 aliphatic heterocycles. The third-order valence-electron chi connectivity index (χ3n) is 9.87. The Balaban J connectivity index is 1.81. The van der Waals surface area contributed by atoms with Gasteiger partial charge in [0.2, 0.25) is 11.8 Å². The molecule has 1 unspecified atom stereocenters. The van der Waals surface area contributed by atoms with Crippen LogP contribution in [0.25, 0.3) is 0 Å². The molecule has 1 aromatic rings. The number of amides is 2. The maximum absolute atomic E-state index is 14.0. The zero-order valence-corrected chi connectivity index (χ0v) is 32.4. The van der Waals surface area contributed by atoms with E-state index in [-0.39, 0.29) is 25.3 Å². The Bertz CT molecular complexity index is 1380. The topological polar surface area (TPSA) is 198 Å². The Morgan fingerprint density at radius 3 is 2.25 bits per heavy atom. The molecule has 14 nitrogen and oxygen atoms in total. The van der Waals surface area contributed by atoms with Crippen LogP contribution in [0, 0.1) is 11.8 Å². The Kier molecular flexibility index (Phi) is 19.2. The number of unbranched alkanes of at least 4 members (excludes halogenated alkanes) is 1. The molecule has 2 fully saturated rings. The maximum Gasteiger partial charge on any atom is 0.303 e. The number of aliphatic hydroxyl groups is 2. The van der Waals surface area contributed by atoms with E-state index in [1.165, 1.54) is 0 Å². The molecule has 53 heavy (non-hydrogen) atoms. The molecule has 6 atom stereocenters. The fourth-order valence-electron chi connectivity index (χ4n) is 7.08. The summed E-state index contributed by atoms with van der Waals surface area (Å²) < 4.78 is 42.5. The van der Waals surface area contributed by atoms with Gasteiger partial charge in [-0.15, -0.1) is 0 Å². The summed E-state index contributed by atoms with van der Waals surface area (Å²) >= 11 is 0. The van der Waals surface area contributed by atoms with Gasteiger partial charge in [0.05, 0.1) is 42.8 Å². The van der Waals surface area contributed by atoms with Gasteiger partial charge in [-0.25, -0.2) is 8.42 Å². The van der Waals surface area contributed by atoms with E-state index < -0.39 is 88.0 Å². The van der Waals surface area contributed by atoms with Crippen molar-refractivity contribution in [1.29, 1.82) is 0 Å². The summed E-state index contributed by atoms with van der Waals surface area (Å²) in [7, 11) is -4.08. The Morgan fingerprint density at radius 2 is 1.62 bits per heavy atom. The summed E-state index contributed by atoms with van der Waals surface area (Å²) in [6.45, 7) is 6.32. The van der Waals surface area contributed by atoms with E-state index in [2.05, 4.69) is 10.6 Å². The Morgan fingerprint density at radius 1 is 0.943 bits per heavy atom. The lowest BCUT2D eigenvalue weighted by atomic mass is 9.83. The first-order valence-electron chi connectivity index (χ1n) is 19.1. The molecule has 1 saturated heterocycles. The molecule has 0 radical (unpaired) electrons. The molecule has 300 valence electrons. The minimum atomic E-state index is -4.08. The van der Waals surface area contributed by atoms with Crippen molar-refractivity contribution in [2.45, 2.75) is 115 Å². The number of carbonyl (C=O) groups is 4. The molecule has 0 aromatic heterocycles. The van der Waals surface area contributed by atoms with Gasteiger partial charge in [0, 0.05) is 33.5 Å². The van der Waals surface area contributed by atoms with Gasteiger partial charge in [0.15, 0.2) is 9.84 Å². The lowest BCUT2D eigenvalue weighted by molar-refractivity contribution is -0.154. The number of esters is 2. The number of benzene rings is 1. The van der Waals surface area contributed by atoms with Crippen LogP contribution in [-0.4, -0.2) is 129 Å². The third kappa shape index (κ3) is 16.8. The van der Waals surface area contributed by atoms with Gasteiger partial charge in [0.1, 0.15) is 24.9 Å². The smallest absolute Gasteiger partial charge is 0.303 e. The predicted octanol–water partition coefficient (Wildman–Crippen LogP) is 1.94. The van der Waals surface area contributed by atoms with Crippen LogP contribution in [0.15, 0.2) is 30.3 Å². The van der Waals surface area contributed by atoms with Crippen LogP contribution in [0.4, 0.5) is 0 Å². The van der Waals surface area contributed by atoms with Crippen LogP contribution in [0.3, 0.4) is 0 Å². The largest absolute Gasteiger partial charge is 0.462 e. The van der Waals surface area contributed by atoms with E-state index >= 15 is 0 Å². The monoisotopic (exact) mass is 767 g/mol. The van der Waals surface area contributed by atoms with Gasteiger partial charge in [0.25, 0.3) is 0 Å². The van der Waals surface area contributed by atoms with Crippen molar-refractivity contribution in [3.8, 4) is 0 Å². The first-order valence-corrected chi connectivity index (χ1v) is 20.9.